The van der Waals surface area contributed by atoms with Gasteiger partial charge in [0, 0.05) is 24.3 Å². The molecule has 23 heavy (non-hydrogen) atoms. The molecule has 4 nitrogen and oxygen atoms in total. The van der Waals surface area contributed by atoms with E-state index in [1.165, 1.54) is 6.07 Å². The average Bonchev–Trinajstić information content (AvgIpc) is 2.54. The maximum Gasteiger partial charge on any atom is 0.239 e. The summed E-state index contributed by atoms with van der Waals surface area (Å²) in [5, 5.41) is 12.3. The summed E-state index contributed by atoms with van der Waals surface area (Å²) in [4.78, 5) is 13.9. The Morgan fingerprint density at radius 1 is 1.17 bits per heavy atom. The summed E-state index contributed by atoms with van der Waals surface area (Å²) >= 11 is 0. The molecule has 0 radical (unpaired) electrons. The van der Waals surface area contributed by atoms with Crippen LogP contribution in [-0.4, -0.2) is 30.2 Å². The number of hydrogen-bond acceptors (Lipinski definition) is 3. The SMILES string of the molecule is C[C@@H](O)CN(CC(=O)NCc1ccccc1F)c1ccccc1. The molecule has 0 spiro atoms. The maximum absolute atomic E-state index is 13.5. The normalized spacial score (nSPS) is 11.8. The maximum atomic E-state index is 13.5. The van der Waals surface area contributed by atoms with Crippen molar-refractivity contribution in [1.82, 2.24) is 5.32 Å². The molecule has 0 saturated carbocycles. The van der Waals surface area contributed by atoms with Crippen molar-refractivity contribution < 1.29 is 14.3 Å². The molecule has 1 atom stereocenters. The number of carbonyl (C=O) groups is 1. The van der Waals surface area contributed by atoms with E-state index in [-0.39, 0.29) is 24.8 Å². The van der Waals surface area contributed by atoms with Crippen LogP contribution >= 0.6 is 0 Å². The Balaban J connectivity index is 1.96. The van der Waals surface area contributed by atoms with Gasteiger partial charge in [-0.25, -0.2) is 4.39 Å². The minimum atomic E-state index is -0.561. The van der Waals surface area contributed by atoms with Crippen molar-refractivity contribution in [2.24, 2.45) is 0 Å². The quantitative estimate of drug-likeness (QED) is 0.824. The average molecular weight is 316 g/mol. The van der Waals surface area contributed by atoms with E-state index < -0.39 is 6.10 Å². The van der Waals surface area contributed by atoms with Crippen molar-refractivity contribution in [3.8, 4) is 0 Å². The van der Waals surface area contributed by atoms with Gasteiger partial charge in [-0.05, 0) is 25.1 Å². The van der Waals surface area contributed by atoms with Crippen molar-refractivity contribution in [1.29, 1.82) is 0 Å². The minimum Gasteiger partial charge on any atom is -0.392 e. The molecule has 2 aromatic rings. The molecule has 0 aliphatic carbocycles. The number of nitrogens with one attached hydrogen (secondary N) is 1. The third-order valence-electron chi connectivity index (χ3n) is 3.37. The predicted molar refractivity (Wildman–Crippen MR) is 88.6 cm³/mol. The summed E-state index contributed by atoms with van der Waals surface area (Å²) in [7, 11) is 0. The van der Waals surface area contributed by atoms with Gasteiger partial charge in [0.1, 0.15) is 5.82 Å². The van der Waals surface area contributed by atoms with Crippen LogP contribution in [0.1, 0.15) is 12.5 Å². The van der Waals surface area contributed by atoms with E-state index in [2.05, 4.69) is 5.32 Å². The van der Waals surface area contributed by atoms with Crippen molar-refractivity contribution >= 4 is 11.6 Å². The second-order valence-corrected chi connectivity index (χ2v) is 5.43. The first kappa shape index (κ1) is 17.0. The highest BCUT2D eigenvalue weighted by Gasteiger charge is 2.14. The van der Waals surface area contributed by atoms with Gasteiger partial charge in [-0.1, -0.05) is 36.4 Å². The van der Waals surface area contributed by atoms with Gasteiger partial charge < -0.3 is 15.3 Å². The molecule has 0 aromatic heterocycles. The smallest absolute Gasteiger partial charge is 0.239 e. The van der Waals surface area contributed by atoms with Gasteiger partial charge in [-0.3, -0.25) is 4.79 Å². The largest absolute Gasteiger partial charge is 0.392 e. The monoisotopic (exact) mass is 316 g/mol. The lowest BCUT2D eigenvalue weighted by Crippen LogP contribution is -2.40. The molecule has 0 bridgehead atoms. The van der Waals surface area contributed by atoms with E-state index in [1.807, 2.05) is 30.3 Å². The summed E-state index contributed by atoms with van der Waals surface area (Å²) < 4.78 is 13.5. The summed E-state index contributed by atoms with van der Waals surface area (Å²) in [6.45, 7) is 2.26. The van der Waals surface area contributed by atoms with E-state index in [1.54, 1.807) is 30.0 Å². The topological polar surface area (TPSA) is 52.6 Å². The Kier molecular flexibility index (Phi) is 6.11. The Bertz CT molecular complexity index is 632. The molecular weight excluding hydrogens is 295 g/mol. The van der Waals surface area contributed by atoms with Crippen LogP contribution in [0.25, 0.3) is 0 Å². The van der Waals surface area contributed by atoms with E-state index in [0.717, 1.165) is 5.69 Å². The number of hydrogen-bond donors (Lipinski definition) is 2. The summed E-state index contributed by atoms with van der Waals surface area (Å²) in [6, 6.07) is 15.8. The first-order valence-electron chi connectivity index (χ1n) is 7.54. The van der Waals surface area contributed by atoms with Crippen molar-refractivity contribution in [2.45, 2.75) is 19.6 Å². The molecule has 122 valence electrons. The van der Waals surface area contributed by atoms with Crippen molar-refractivity contribution in [2.75, 3.05) is 18.0 Å². The van der Waals surface area contributed by atoms with Crippen LogP contribution in [-0.2, 0) is 11.3 Å². The molecule has 0 saturated heterocycles. The van der Waals surface area contributed by atoms with Crippen LogP contribution in [0.3, 0.4) is 0 Å². The summed E-state index contributed by atoms with van der Waals surface area (Å²) in [6.07, 6.45) is -0.561. The molecule has 2 N–H and O–H groups in total. The van der Waals surface area contributed by atoms with Gasteiger partial charge in [-0.15, -0.1) is 0 Å². The molecule has 0 heterocycles. The number of carbonyl (C=O) groups excluding carboxylic acids is 1. The van der Waals surface area contributed by atoms with Crippen molar-refractivity contribution in [3.05, 3.63) is 66.0 Å². The lowest BCUT2D eigenvalue weighted by molar-refractivity contribution is -0.120. The zero-order valence-electron chi connectivity index (χ0n) is 13.1. The van der Waals surface area contributed by atoms with Crippen molar-refractivity contribution in [3.63, 3.8) is 0 Å². The van der Waals surface area contributed by atoms with E-state index >= 15 is 0 Å². The second kappa shape index (κ2) is 8.29. The lowest BCUT2D eigenvalue weighted by Gasteiger charge is -2.25. The Hall–Kier alpha value is -2.40. The van der Waals surface area contributed by atoms with Crippen LogP contribution in [0.15, 0.2) is 54.6 Å². The van der Waals surface area contributed by atoms with Crippen LogP contribution in [0.4, 0.5) is 10.1 Å². The first-order valence-corrected chi connectivity index (χ1v) is 7.54. The first-order chi connectivity index (χ1) is 11.1. The summed E-state index contributed by atoms with van der Waals surface area (Å²) in [5.41, 5.74) is 1.30. The molecule has 2 aromatic carbocycles. The predicted octanol–water partition coefficient (Wildman–Crippen LogP) is 2.33. The molecule has 0 aliphatic heterocycles. The van der Waals surface area contributed by atoms with Gasteiger partial charge in [0.2, 0.25) is 5.91 Å². The van der Waals surface area contributed by atoms with Gasteiger partial charge in [0.05, 0.1) is 12.6 Å². The summed E-state index contributed by atoms with van der Waals surface area (Å²) in [5.74, 6) is -0.561. The molecular formula is C18H21FN2O2. The van der Waals surface area contributed by atoms with Crippen LogP contribution < -0.4 is 10.2 Å². The van der Waals surface area contributed by atoms with E-state index in [0.29, 0.717) is 12.1 Å². The molecule has 0 aliphatic rings. The number of halogens is 1. The lowest BCUT2D eigenvalue weighted by atomic mass is 10.2. The number of nitrogens with zero attached hydrogens (tertiary/aromatic N) is 1. The van der Waals surface area contributed by atoms with Gasteiger partial charge >= 0.3 is 0 Å². The molecule has 0 fully saturated rings. The van der Waals surface area contributed by atoms with Gasteiger partial charge in [-0.2, -0.15) is 0 Å². The van der Waals surface area contributed by atoms with E-state index in [4.69, 9.17) is 0 Å². The standard InChI is InChI=1S/C18H21FN2O2/c1-14(22)12-21(16-8-3-2-4-9-16)13-18(23)20-11-15-7-5-6-10-17(15)19/h2-10,14,22H,11-13H2,1H3,(H,20,23)/t14-/m1/s1. The number of aliphatic hydroxyl groups is 1. The highest BCUT2D eigenvalue weighted by Crippen LogP contribution is 2.13. The highest BCUT2D eigenvalue weighted by molar-refractivity contribution is 5.81. The Morgan fingerprint density at radius 3 is 2.48 bits per heavy atom. The van der Waals surface area contributed by atoms with Gasteiger partial charge in [0.15, 0.2) is 0 Å². The van der Waals surface area contributed by atoms with Crippen LogP contribution in [0.2, 0.25) is 0 Å². The third-order valence-corrected chi connectivity index (χ3v) is 3.37. The zero-order valence-corrected chi connectivity index (χ0v) is 13.1. The molecule has 1 amide bonds. The zero-order chi connectivity index (χ0) is 16.7. The van der Waals surface area contributed by atoms with Crippen LogP contribution in [0.5, 0.6) is 0 Å². The number of anilines is 1. The minimum absolute atomic E-state index is 0.101. The number of amides is 1. The Morgan fingerprint density at radius 2 is 1.83 bits per heavy atom. The Labute approximate surface area is 135 Å². The highest BCUT2D eigenvalue weighted by atomic mass is 19.1. The number of rotatable bonds is 7. The number of benzene rings is 2. The van der Waals surface area contributed by atoms with Crippen LogP contribution in [0, 0.1) is 5.82 Å². The number of aliphatic hydroxyl groups excluding tert-OH is 1. The van der Waals surface area contributed by atoms with Gasteiger partial charge in [0.25, 0.3) is 0 Å². The molecule has 2 rings (SSSR count). The van der Waals surface area contributed by atoms with E-state index in [9.17, 15) is 14.3 Å². The number of para-hydroxylation sites is 1. The fourth-order valence-electron chi connectivity index (χ4n) is 2.28. The second-order valence-electron chi connectivity index (χ2n) is 5.43. The fourth-order valence-corrected chi connectivity index (χ4v) is 2.28. The fraction of sp³-hybridized carbons (Fsp3) is 0.278. The third kappa shape index (κ3) is 5.38. The molecule has 5 heteroatoms. The molecule has 0 unspecified atom stereocenters.